The number of esters is 1. The van der Waals surface area contributed by atoms with Gasteiger partial charge in [0.05, 0.1) is 13.0 Å². The molecule has 3 heteroatoms. The summed E-state index contributed by atoms with van der Waals surface area (Å²) in [6.45, 7) is 8.86. The van der Waals surface area contributed by atoms with E-state index in [-0.39, 0.29) is 5.97 Å². The summed E-state index contributed by atoms with van der Waals surface area (Å²) in [6, 6.07) is 0. The Hall–Kier alpha value is -0.180. The topological polar surface area (TPSA) is 26.3 Å². The first-order valence-corrected chi connectivity index (χ1v) is 6.38. The van der Waals surface area contributed by atoms with E-state index in [0.717, 1.165) is 12.2 Å². The van der Waals surface area contributed by atoms with Gasteiger partial charge in [-0.1, -0.05) is 27.7 Å². The van der Waals surface area contributed by atoms with Crippen LogP contribution in [0.2, 0.25) is 0 Å². The third-order valence-electron chi connectivity index (χ3n) is 1.64. The first-order valence-electron chi connectivity index (χ1n) is 5.33. The van der Waals surface area contributed by atoms with Crippen LogP contribution in [0.15, 0.2) is 0 Å². The Bertz CT molecular complexity index is 157. The highest BCUT2D eigenvalue weighted by Crippen LogP contribution is 2.15. The fourth-order valence-electron chi connectivity index (χ4n) is 0.931. The second kappa shape index (κ2) is 8.16. The second-order valence-electron chi connectivity index (χ2n) is 3.96. The molecule has 0 rings (SSSR count). The number of ether oxygens (including phenoxy) is 1. The van der Waals surface area contributed by atoms with Gasteiger partial charge in [-0.2, -0.15) is 11.8 Å². The summed E-state index contributed by atoms with van der Waals surface area (Å²) in [7, 11) is 0. The van der Waals surface area contributed by atoms with Crippen LogP contribution in [0, 0.1) is 5.92 Å². The van der Waals surface area contributed by atoms with Gasteiger partial charge in [-0.3, -0.25) is 4.79 Å². The summed E-state index contributed by atoms with van der Waals surface area (Å²) >= 11 is 1.84. The average molecular weight is 218 g/mol. The zero-order valence-electron chi connectivity index (χ0n) is 9.71. The molecule has 0 heterocycles. The zero-order chi connectivity index (χ0) is 11.0. The molecule has 0 amide bonds. The molecule has 14 heavy (non-hydrogen) atoms. The maximum Gasteiger partial charge on any atom is 0.306 e. The van der Waals surface area contributed by atoms with Gasteiger partial charge in [0.25, 0.3) is 0 Å². The van der Waals surface area contributed by atoms with Crippen molar-refractivity contribution in [2.24, 2.45) is 5.92 Å². The van der Waals surface area contributed by atoms with E-state index in [2.05, 4.69) is 13.8 Å². The molecule has 0 aromatic heterocycles. The van der Waals surface area contributed by atoms with Crippen LogP contribution in [-0.4, -0.2) is 23.6 Å². The lowest BCUT2D eigenvalue weighted by Crippen LogP contribution is -2.14. The van der Waals surface area contributed by atoms with Crippen LogP contribution < -0.4 is 0 Å². The molecule has 0 fully saturated rings. The van der Waals surface area contributed by atoms with Crippen molar-refractivity contribution in [3.05, 3.63) is 0 Å². The first kappa shape index (κ1) is 13.8. The van der Waals surface area contributed by atoms with Crippen molar-refractivity contribution in [3.63, 3.8) is 0 Å². The zero-order valence-corrected chi connectivity index (χ0v) is 10.5. The predicted octanol–water partition coefficient (Wildman–Crippen LogP) is 3.11. The van der Waals surface area contributed by atoms with E-state index in [0.29, 0.717) is 24.2 Å². The number of thioether (sulfide) groups is 1. The van der Waals surface area contributed by atoms with Crippen LogP contribution in [-0.2, 0) is 9.53 Å². The fourth-order valence-corrected chi connectivity index (χ4v) is 1.82. The largest absolute Gasteiger partial charge is 0.465 e. The fraction of sp³-hybridized carbons (Fsp3) is 0.909. The number of hydrogen-bond acceptors (Lipinski definition) is 3. The number of carbonyl (C=O) groups excluding carboxylic acids is 1. The van der Waals surface area contributed by atoms with E-state index in [1.54, 1.807) is 0 Å². The quantitative estimate of drug-likeness (QED) is 0.614. The average Bonchev–Trinajstić information content (AvgIpc) is 2.11. The van der Waals surface area contributed by atoms with Crippen molar-refractivity contribution < 1.29 is 9.53 Å². The Morgan fingerprint density at radius 2 is 2.00 bits per heavy atom. The summed E-state index contributed by atoms with van der Waals surface area (Å²) in [5, 5.41) is 0.384. The molecule has 0 radical (unpaired) electrons. The molecule has 0 aliphatic heterocycles. The molecule has 2 nitrogen and oxygen atoms in total. The van der Waals surface area contributed by atoms with Gasteiger partial charge < -0.3 is 4.74 Å². The summed E-state index contributed by atoms with van der Waals surface area (Å²) in [6.07, 6.45) is 1.70. The van der Waals surface area contributed by atoms with Gasteiger partial charge in [0.2, 0.25) is 0 Å². The van der Waals surface area contributed by atoms with Crippen molar-refractivity contribution in [1.29, 1.82) is 0 Å². The lowest BCUT2D eigenvalue weighted by atomic mass is 10.2. The Kier molecular flexibility index (Phi) is 8.05. The summed E-state index contributed by atoms with van der Waals surface area (Å²) in [5.41, 5.74) is 0. The van der Waals surface area contributed by atoms with Crippen LogP contribution in [0.5, 0.6) is 0 Å². The predicted molar refractivity (Wildman–Crippen MR) is 62.6 cm³/mol. The van der Waals surface area contributed by atoms with E-state index in [4.69, 9.17) is 4.74 Å². The maximum absolute atomic E-state index is 11.3. The molecule has 0 aromatic rings. The van der Waals surface area contributed by atoms with E-state index in [1.807, 2.05) is 25.6 Å². The minimum atomic E-state index is -0.0604. The second-order valence-corrected chi connectivity index (χ2v) is 5.51. The maximum atomic E-state index is 11.3. The Morgan fingerprint density at radius 3 is 2.50 bits per heavy atom. The van der Waals surface area contributed by atoms with E-state index >= 15 is 0 Å². The number of hydrogen-bond donors (Lipinski definition) is 0. The van der Waals surface area contributed by atoms with Crippen LogP contribution in [0.3, 0.4) is 0 Å². The molecule has 0 spiro atoms. The molecule has 1 unspecified atom stereocenters. The standard InChI is InChI=1S/C11H22O2S/c1-5-6-14-10(4)7-11(12)13-8-9(2)3/h9-10H,5-8H2,1-4H3. The van der Waals surface area contributed by atoms with E-state index in [1.165, 1.54) is 0 Å². The molecule has 84 valence electrons. The summed E-state index contributed by atoms with van der Waals surface area (Å²) in [5.74, 6) is 1.49. The third-order valence-corrected chi connectivity index (χ3v) is 3.02. The van der Waals surface area contributed by atoms with Crippen molar-refractivity contribution in [1.82, 2.24) is 0 Å². The molecular formula is C11H22O2S. The summed E-state index contributed by atoms with van der Waals surface area (Å²) in [4.78, 5) is 11.3. The molecule has 0 saturated heterocycles. The smallest absolute Gasteiger partial charge is 0.306 e. The highest BCUT2D eigenvalue weighted by Gasteiger charge is 2.10. The van der Waals surface area contributed by atoms with Gasteiger partial charge >= 0.3 is 5.97 Å². The minimum absolute atomic E-state index is 0.0604. The first-order chi connectivity index (χ1) is 6.56. The molecule has 0 bridgehead atoms. The van der Waals surface area contributed by atoms with Crippen molar-refractivity contribution in [2.75, 3.05) is 12.4 Å². The highest BCUT2D eigenvalue weighted by atomic mass is 32.2. The molecule has 1 atom stereocenters. The van der Waals surface area contributed by atoms with Gasteiger partial charge in [-0.05, 0) is 18.1 Å². The van der Waals surface area contributed by atoms with Crippen LogP contribution in [0.1, 0.15) is 40.5 Å². The van der Waals surface area contributed by atoms with Gasteiger partial charge in [0, 0.05) is 5.25 Å². The third kappa shape index (κ3) is 8.42. The number of rotatable bonds is 7. The SMILES string of the molecule is CCCSC(C)CC(=O)OCC(C)C. The highest BCUT2D eigenvalue weighted by molar-refractivity contribution is 7.99. The van der Waals surface area contributed by atoms with E-state index in [9.17, 15) is 4.79 Å². The van der Waals surface area contributed by atoms with Gasteiger partial charge in [-0.25, -0.2) is 0 Å². The lowest BCUT2D eigenvalue weighted by molar-refractivity contribution is -0.144. The van der Waals surface area contributed by atoms with Crippen LogP contribution >= 0.6 is 11.8 Å². The van der Waals surface area contributed by atoms with Crippen molar-refractivity contribution >= 4 is 17.7 Å². The van der Waals surface area contributed by atoms with Gasteiger partial charge in [0.1, 0.15) is 0 Å². The van der Waals surface area contributed by atoms with Crippen molar-refractivity contribution in [3.8, 4) is 0 Å². The van der Waals surface area contributed by atoms with Gasteiger partial charge in [0.15, 0.2) is 0 Å². The van der Waals surface area contributed by atoms with Crippen LogP contribution in [0.4, 0.5) is 0 Å². The molecule has 0 N–H and O–H groups in total. The molecule has 0 aliphatic rings. The lowest BCUT2D eigenvalue weighted by Gasteiger charge is -2.11. The Balaban J connectivity index is 3.50. The van der Waals surface area contributed by atoms with E-state index < -0.39 is 0 Å². The minimum Gasteiger partial charge on any atom is -0.465 e. The Morgan fingerprint density at radius 1 is 1.36 bits per heavy atom. The van der Waals surface area contributed by atoms with Gasteiger partial charge in [-0.15, -0.1) is 0 Å². The monoisotopic (exact) mass is 218 g/mol. The molecular weight excluding hydrogens is 196 g/mol. The van der Waals surface area contributed by atoms with Crippen molar-refractivity contribution in [2.45, 2.75) is 45.8 Å². The van der Waals surface area contributed by atoms with Crippen LogP contribution in [0.25, 0.3) is 0 Å². The normalized spacial score (nSPS) is 12.9. The summed E-state index contributed by atoms with van der Waals surface area (Å²) < 4.78 is 5.10. The number of carbonyl (C=O) groups is 1. The Labute approximate surface area is 91.8 Å². The molecule has 0 aliphatic carbocycles. The molecule has 0 saturated carbocycles. The molecule has 0 aromatic carbocycles.